The standard InChI is InChI=1S/C12H14N2O2/c1-2-7-14(9-3-4-9)12(16)10-5-6-13-8-11(10)15/h2,5-6,8-9,15H,1,3-4,7H2. The lowest BCUT2D eigenvalue weighted by atomic mass is 10.2. The van der Waals surface area contributed by atoms with Gasteiger partial charge in [-0.3, -0.25) is 9.78 Å². The third kappa shape index (κ3) is 2.05. The lowest BCUT2D eigenvalue weighted by molar-refractivity contribution is 0.0759. The van der Waals surface area contributed by atoms with Crippen LogP contribution in [0.2, 0.25) is 0 Å². The summed E-state index contributed by atoms with van der Waals surface area (Å²) in [5.41, 5.74) is 0.309. The maximum absolute atomic E-state index is 12.1. The Morgan fingerprint density at radius 3 is 3.00 bits per heavy atom. The van der Waals surface area contributed by atoms with E-state index in [0.717, 1.165) is 12.8 Å². The molecule has 0 saturated heterocycles. The SMILES string of the molecule is C=CCN(C(=O)c1ccncc1O)C1CC1. The molecular weight excluding hydrogens is 204 g/mol. The Balaban J connectivity index is 2.22. The van der Waals surface area contributed by atoms with Crippen LogP contribution in [0, 0.1) is 0 Å². The second-order valence-electron chi connectivity index (χ2n) is 3.87. The minimum atomic E-state index is -0.151. The highest BCUT2D eigenvalue weighted by molar-refractivity contribution is 5.97. The van der Waals surface area contributed by atoms with Gasteiger partial charge in [-0.25, -0.2) is 0 Å². The number of amides is 1. The van der Waals surface area contributed by atoms with Gasteiger partial charge < -0.3 is 10.0 Å². The van der Waals surface area contributed by atoms with E-state index >= 15 is 0 Å². The predicted octanol–water partition coefficient (Wildman–Crippen LogP) is 1.58. The molecule has 1 aromatic heterocycles. The first-order valence-corrected chi connectivity index (χ1v) is 5.29. The highest BCUT2D eigenvalue weighted by atomic mass is 16.3. The quantitative estimate of drug-likeness (QED) is 0.780. The monoisotopic (exact) mass is 218 g/mol. The molecular formula is C12H14N2O2. The van der Waals surface area contributed by atoms with E-state index < -0.39 is 0 Å². The Hall–Kier alpha value is -1.84. The van der Waals surface area contributed by atoms with Crippen molar-refractivity contribution in [3.05, 3.63) is 36.7 Å². The number of carbonyl (C=O) groups excluding carboxylic acids is 1. The van der Waals surface area contributed by atoms with Crippen LogP contribution in [-0.2, 0) is 0 Å². The molecule has 1 N–H and O–H groups in total. The van der Waals surface area contributed by atoms with Gasteiger partial charge in [0.05, 0.1) is 11.8 Å². The summed E-state index contributed by atoms with van der Waals surface area (Å²) >= 11 is 0. The Kier molecular flexibility index (Phi) is 2.90. The molecule has 1 saturated carbocycles. The smallest absolute Gasteiger partial charge is 0.258 e. The molecule has 0 atom stereocenters. The summed E-state index contributed by atoms with van der Waals surface area (Å²) in [5.74, 6) is -0.218. The van der Waals surface area contributed by atoms with Gasteiger partial charge in [0, 0.05) is 18.8 Å². The molecule has 1 amide bonds. The van der Waals surface area contributed by atoms with E-state index in [1.165, 1.54) is 18.5 Å². The average molecular weight is 218 g/mol. The molecule has 1 aromatic rings. The third-order valence-electron chi connectivity index (χ3n) is 2.60. The van der Waals surface area contributed by atoms with E-state index in [9.17, 15) is 9.90 Å². The van der Waals surface area contributed by atoms with Crippen molar-refractivity contribution < 1.29 is 9.90 Å². The van der Waals surface area contributed by atoms with Crippen molar-refractivity contribution in [2.45, 2.75) is 18.9 Å². The van der Waals surface area contributed by atoms with E-state index in [2.05, 4.69) is 11.6 Å². The number of aromatic hydroxyl groups is 1. The molecule has 1 aliphatic rings. The number of hydrogen-bond acceptors (Lipinski definition) is 3. The number of aromatic nitrogens is 1. The molecule has 2 rings (SSSR count). The zero-order valence-electron chi connectivity index (χ0n) is 8.97. The molecule has 1 heterocycles. The van der Waals surface area contributed by atoms with Crippen LogP contribution in [0.15, 0.2) is 31.1 Å². The summed E-state index contributed by atoms with van der Waals surface area (Å²) in [4.78, 5) is 17.6. The van der Waals surface area contributed by atoms with Crippen LogP contribution in [0.3, 0.4) is 0 Å². The molecule has 0 radical (unpaired) electrons. The highest BCUT2D eigenvalue weighted by Crippen LogP contribution is 2.29. The van der Waals surface area contributed by atoms with Crippen LogP contribution >= 0.6 is 0 Å². The van der Waals surface area contributed by atoms with Crippen molar-refractivity contribution in [3.63, 3.8) is 0 Å². The van der Waals surface area contributed by atoms with Gasteiger partial charge in [-0.2, -0.15) is 0 Å². The second-order valence-corrected chi connectivity index (χ2v) is 3.87. The Morgan fingerprint density at radius 1 is 1.69 bits per heavy atom. The van der Waals surface area contributed by atoms with Gasteiger partial charge in [0.15, 0.2) is 0 Å². The van der Waals surface area contributed by atoms with Crippen molar-refractivity contribution in [2.24, 2.45) is 0 Å². The summed E-state index contributed by atoms with van der Waals surface area (Å²) in [6.45, 7) is 4.16. The van der Waals surface area contributed by atoms with Crippen molar-refractivity contribution in [3.8, 4) is 5.75 Å². The number of nitrogens with zero attached hydrogens (tertiary/aromatic N) is 2. The van der Waals surface area contributed by atoms with Crippen LogP contribution in [0.4, 0.5) is 0 Å². The second kappa shape index (κ2) is 4.35. The Morgan fingerprint density at radius 2 is 2.44 bits per heavy atom. The molecule has 0 unspecified atom stereocenters. The third-order valence-corrected chi connectivity index (χ3v) is 2.60. The molecule has 1 fully saturated rings. The summed E-state index contributed by atoms with van der Waals surface area (Å²) in [6.07, 6.45) is 6.56. The van der Waals surface area contributed by atoms with Gasteiger partial charge in [0.1, 0.15) is 5.75 Å². The maximum Gasteiger partial charge on any atom is 0.258 e. The van der Waals surface area contributed by atoms with Crippen molar-refractivity contribution in [1.29, 1.82) is 0 Å². The first-order valence-electron chi connectivity index (χ1n) is 5.29. The lowest BCUT2D eigenvalue weighted by Gasteiger charge is -2.20. The fourth-order valence-corrected chi connectivity index (χ4v) is 1.64. The zero-order chi connectivity index (χ0) is 11.5. The van der Waals surface area contributed by atoms with Gasteiger partial charge in [-0.05, 0) is 18.9 Å². The van der Waals surface area contributed by atoms with Gasteiger partial charge in [-0.15, -0.1) is 6.58 Å². The van der Waals surface area contributed by atoms with Crippen LogP contribution in [0.1, 0.15) is 23.2 Å². The molecule has 0 spiro atoms. The number of pyridine rings is 1. The van der Waals surface area contributed by atoms with Gasteiger partial charge in [-0.1, -0.05) is 6.08 Å². The summed E-state index contributed by atoms with van der Waals surface area (Å²) in [7, 11) is 0. The molecule has 16 heavy (non-hydrogen) atoms. The van der Waals surface area contributed by atoms with Gasteiger partial charge >= 0.3 is 0 Å². The van der Waals surface area contributed by atoms with Crippen molar-refractivity contribution in [2.75, 3.05) is 6.54 Å². The van der Waals surface area contributed by atoms with Gasteiger partial charge in [0.2, 0.25) is 0 Å². The molecule has 0 bridgehead atoms. The minimum Gasteiger partial charge on any atom is -0.505 e. The minimum absolute atomic E-state index is 0.0674. The largest absolute Gasteiger partial charge is 0.505 e. The highest BCUT2D eigenvalue weighted by Gasteiger charge is 2.32. The molecule has 0 aliphatic heterocycles. The summed E-state index contributed by atoms with van der Waals surface area (Å²) in [5, 5.41) is 9.56. The molecule has 1 aliphatic carbocycles. The van der Waals surface area contributed by atoms with Crippen LogP contribution < -0.4 is 0 Å². The average Bonchev–Trinajstić information content (AvgIpc) is 3.09. The van der Waals surface area contributed by atoms with E-state index in [1.807, 2.05) is 0 Å². The van der Waals surface area contributed by atoms with E-state index in [1.54, 1.807) is 11.0 Å². The fraction of sp³-hybridized carbons (Fsp3) is 0.333. The first kappa shape index (κ1) is 10.7. The van der Waals surface area contributed by atoms with E-state index in [4.69, 9.17) is 0 Å². The van der Waals surface area contributed by atoms with Crippen LogP contribution in [0.5, 0.6) is 5.75 Å². The van der Waals surface area contributed by atoms with Crippen molar-refractivity contribution >= 4 is 5.91 Å². The molecule has 4 heteroatoms. The van der Waals surface area contributed by atoms with E-state index in [0.29, 0.717) is 18.2 Å². The number of rotatable bonds is 4. The lowest BCUT2D eigenvalue weighted by Crippen LogP contribution is -2.33. The first-order chi connectivity index (χ1) is 7.74. The molecule has 84 valence electrons. The Bertz CT molecular complexity index is 413. The predicted molar refractivity (Wildman–Crippen MR) is 60.2 cm³/mol. The molecule has 4 nitrogen and oxygen atoms in total. The van der Waals surface area contributed by atoms with Gasteiger partial charge in [0.25, 0.3) is 5.91 Å². The van der Waals surface area contributed by atoms with Crippen molar-refractivity contribution in [1.82, 2.24) is 9.88 Å². The summed E-state index contributed by atoms with van der Waals surface area (Å²) in [6, 6.07) is 1.84. The topological polar surface area (TPSA) is 53.4 Å². The van der Waals surface area contributed by atoms with Crippen LogP contribution in [0.25, 0.3) is 0 Å². The van der Waals surface area contributed by atoms with E-state index in [-0.39, 0.29) is 11.7 Å². The zero-order valence-corrected chi connectivity index (χ0v) is 8.97. The normalized spacial score (nSPS) is 14.5. The summed E-state index contributed by atoms with van der Waals surface area (Å²) < 4.78 is 0. The number of hydrogen-bond donors (Lipinski definition) is 1. The van der Waals surface area contributed by atoms with Crippen LogP contribution in [-0.4, -0.2) is 33.5 Å². The number of carbonyl (C=O) groups is 1. The fourth-order valence-electron chi connectivity index (χ4n) is 1.64. The Labute approximate surface area is 94.2 Å². The molecule has 0 aromatic carbocycles. The maximum atomic E-state index is 12.1.